The molecule has 0 bridgehead atoms. The van der Waals surface area contributed by atoms with Gasteiger partial charge in [0, 0.05) is 16.5 Å². The molecule has 26 heavy (non-hydrogen) atoms. The van der Waals surface area contributed by atoms with Crippen LogP contribution in [0.3, 0.4) is 0 Å². The minimum atomic E-state index is -0.177. The van der Waals surface area contributed by atoms with Crippen LogP contribution in [0.4, 0.5) is 0 Å². The molecule has 0 amide bonds. The van der Waals surface area contributed by atoms with Crippen molar-refractivity contribution in [3.63, 3.8) is 0 Å². The molecule has 0 fully saturated rings. The number of carbonyl (C=O) groups excluding carboxylic acids is 1. The van der Waals surface area contributed by atoms with E-state index in [9.17, 15) is 4.79 Å². The van der Waals surface area contributed by atoms with Gasteiger partial charge in [-0.15, -0.1) is 11.8 Å². The second-order valence-electron chi connectivity index (χ2n) is 6.27. The first-order valence-electron chi connectivity index (χ1n) is 8.76. The van der Waals surface area contributed by atoms with Gasteiger partial charge >= 0.3 is 5.97 Å². The fourth-order valence-electron chi connectivity index (χ4n) is 3.11. The zero-order valence-electron chi connectivity index (χ0n) is 15.4. The number of rotatable bonds is 6. The van der Waals surface area contributed by atoms with Crippen molar-refractivity contribution in [1.29, 1.82) is 0 Å². The highest BCUT2D eigenvalue weighted by Crippen LogP contribution is 2.26. The Morgan fingerprint density at radius 2 is 1.96 bits per heavy atom. The van der Waals surface area contributed by atoms with E-state index in [2.05, 4.69) is 54.6 Å². The van der Waals surface area contributed by atoms with Gasteiger partial charge in [-0.05, 0) is 73.0 Å². The Morgan fingerprint density at radius 1 is 1.12 bits per heavy atom. The van der Waals surface area contributed by atoms with E-state index >= 15 is 0 Å². The van der Waals surface area contributed by atoms with Crippen molar-refractivity contribution in [2.24, 2.45) is 0 Å². The van der Waals surface area contributed by atoms with E-state index in [1.54, 1.807) is 11.8 Å². The van der Waals surface area contributed by atoms with Gasteiger partial charge in [-0.3, -0.25) is 9.78 Å². The zero-order chi connectivity index (χ0) is 18.5. The molecule has 0 radical (unpaired) electrons. The first-order chi connectivity index (χ1) is 12.6. The third kappa shape index (κ3) is 4.25. The highest BCUT2D eigenvalue weighted by Gasteiger charge is 2.09. The van der Waals surface area contributed by atoms with E-state index in [4.69, 9.17) is 4.74 Å². The van der Waals surface area contributed by atoms with Gasteiger partial charge in [-0.2, -0.15) is 0 Å². The normalized spacial score (nSPS) is 10.9. The standard InChI is InChI=1S/C22H23NO2S/c1-4-25-22(24)12-16-5-6-17(15(2)11-16)13-18-9-10-23-21-8-7-19(26-3)14-20(18)21/h5-11,14H,4,12-13H2,1-3H3. The van der Waals surface area contributed by atoms with E-state index in [0.717, 1.165) is 17.5 Å². The summed E-state index contributed by atoms with van der Waals surface area (Å²) >= 11 is 1.74. The Balaban J connectivity index is 1.87. The van der Waals surface area contributed by atoms with Gasteiger partial charge in [0.2, 0.25) is 0 Å². The summed E-state index contributed by atoms with van der Waals surface area (Å²) in [6.07, 6.45) is 5.14. The topological polar surface area (TPSA) is 39.2 Å². The number of hydrogen-bond donors (Lipinski definition) is 0. The number of esters is 1. The summed E-state index contributed by atoms with van der Waals surface area (Å²) < 4.78 is 5.03. The predicted octanol–water partition coefficient (Wildman–Crippen LogP) is 4.96. The molecule has 0 saturated carbocycles. The van der Waals surface area contributed by atoms with Crippen molar-refractivity contribution in [3.8, 4) is 0 Å². The summed E-state index contributed by atoms with van der Waals surface area (Å²) in [6.45, 7) is 4.34. The Hall–Kier alpha value is -2.33. The highest BCUT2D eigenvalue weighted by molar-refractivity contribution is 7.98. The minimum Gasteiger partial charge on any atom is -0.466 e. The van der Waals surface area contributed by atoms with Gasteiger partial charge in [0.1, 0.15) is 0 Å². The molecule has 0 N–H and O–H groups in total. The number of nitrogens with zero attached hydrogens (tertiary/aromatic N) is 1. The second kappa shape index (κ2) is 8.37. The van der Waals surface area contributed by atoms with Crippen molar-refractivity contribution in [2.75, 3.05) is 12.9 Å². The summed E-state index contributed by atoms with van der Waals surface area (Å²) in [5.74, 6) is -0.177. The Morgan fingerprint density at radius 3 is 2.69 bits per heavy atom. The quantitative estimate of drug-likeness (QED) is 0.457. The SMILES string of the molecule is CCOC(=O)Cc1ccc(Cc2ccnc3ccc(SC)cc23)c(C)c1. The van der Waals surface area contributed by atoms with Gasteiger partial charge in [-0.25, -0.2) is 0 Å². The summed E-state index contributed by atoms with van der Waals surface area (Å²) in [4.78, 5) is 17.4. The minimum absolute atomic E-state index is 0.177. The van der Waals surface area contributed by atoms with E-state index in [1.807, 2.05) is 19.2 Å². The Bertz CT molecular complexity index is 937. The zero-order valence-corrected chi connectivity index (χ0v) is 16.2. The van der Waals surface area contributed by atoms with Crippen LogP contribution in [0.5, 0.6) is 0 Å². The van der Waals surface area contributed by atoms with Crippen LogP contribution in [0.25, 0.3) is 10.9 Å². The number of hydrogen-bond acceptors (Lipinski definition) is 4. The van der Waals surface area contributed by atoms with Crippen LogP contribution in [0.2, 0.25) is 0 Å². The predicted molar refractivity (Wildman–Crippen MR) is 108 cm³/mol. The number of ether oxygens (including phenoxy) is 1. The number of benzene rings is 2. The molecule has 0 atom stereocenters. The number of thioether (sulfide) groups is 1. The van der Waals surface area contributed by atoms with Crippen molar-refractivity contribution in [2.45, 2.75) is 31.6 Å². The maximum atomic E-state index is 11.7. The second-order valence-corrected chi connectivity index (χ2v) is 7.15. The van der Waals surface area contributed by atoms with E-state index in [-0.39, 0.29) is 5.97 Å². The van der Waals surface area contributed by atoms with Crippen LogP contribution >= 0.6 is 11.8 Å². The highest BCUT2D eigenvalue weighted by atomic mass is 32.2. The van der Waals surface area contributed by atoms with E-state index < -0.39 is 0 Å². The number of carbonyl (C=O) groups is 1. The maximum absolute atomic E-state index is 11.7. The van der Waals surface area contributed by atoms with Gasteiger partial charge in [-0.1, -0.05) is 18.2 Å². The molecular formula is C22H23NO2S. The molecule has 0 unspecified atom stereocenters. The molecule has 1 heterocycles. The van der Waals surface area contributed by atoms with Gasteiger partial charge in [0.05, 0.1) is 18.5 Å². The lowest BCUT2D eigenvalue weighted by molar-refractivity contribution is -0.142. The van der Waals surface area contributed by atoms with E-state index in [0.29, 0.717) is 13.0 Å². The molecule has 2 aromatic carbocycles. The van der Waals surface area contributed by atoms with Crippen LogP contribution in [0, 0.1) is 6.92 Å². The number of fused-ring (bicyclic) bond motifs is 1. The fraction of sp³-hybridized carbons (Fsp3) is 0.273. The molecule has 134 valence electrons. The van der Waals surface area contributed by atoms with Gasteiger partial charge < -0.3 is 4.74 Å². The van der Waals surface area contributed by atoms with Crippen molar-refractivity contribution in [1.82, 2.24) is 4.98 Å². The average Bonchev–Trinajstić information content (AvgIpc) is 2.64. The van der Waals surface area contributed by atoms with Crippen LogP contribution in [0.15, 0.2) is 53.6 Å². The lowest BCUT2D eigenvalue weighted by atomic mass is 9.96. The third-order valence-corrected chi connectivity index (χ3v) is 5.21. The lowest BCUT2D eigenvalue weighted by Gasteiger charge is -2.11. The first kappa shape index (κ1) is 18.5. The molecular weight excluding hydrogens is 342 g/mol. The summed E-state index contributed by atoms with van der Waals surface area (Å²) in [7, 11) is 0. The molecule has 3 rings (SSSR count). The number of aromatic nitrogens is 1. The summed E-state index contributed by atoms with van der Waals surface area (Å²) in [6, 6.07) is 14.7. The van der Waals surface area contributed by atoms with Gasteiger partial charge in [0.15, 0.2) is 0 Å². The Kier molecular flexibility index (Phi) is 5.94. The lowest BCUT2D eigenvalue weighted by Crippen LogP contribution is -2.08. The largest absolute Gasteiger partial charge is 0.466 e. The smallest absolute Gasteiger partial charge is 0.310 e. The summed E-state index contributed by atoms with van der Waals surface area (Å²) in [5, 5.41) is 1.20. The number of aryl methyl sites for hydroxylation is 1. The van der Waals surface area contributed by atoms with Crippen molar-refractivity contribution in [3.05, 3.63) is 70.9 Å². The Labute approximate surface area is 158 Å². The van der Waals surface area contributed by atoms with E-state index in [1.165, 1.54) is 27.0 Å². The van der Waals surface area contributed by atoms with Crippen molar-refractivity contribution >= 4 is 28.6 Å². The molecule has 0 aliphatic rings. The monoisotopic (exact) mass is 365 g/mol. The van der Waals surface area contributed by atoms with Crippen LogP contribution in [-0.2, 0) is 22.4 Å². The molecule has 0 spiro atoms. The van der Waals surface area contributed by atoms with Gasteiger partial charge in [0.25, 0.3) is 0 Å². The van der Waals surface area contributed by atoms with Crippen molar-refractivity contribution < 1.29 is 9.53 Å². The molecule has 3 aromatic rings. The molecule has 3 nitrogen and oxygen atoms in total. The maximum Gasteiger partial charge on any atom is 0.310 e. The molecule has 0 aliphatic heterocycles. The molecule has 0 saturated heterocycles. The third-order valence-electron chi connectivity index (χ3n) is 4.48. The number of pyridine rings is 1. The molecule has 0 aliphatic carbocycles. The van der Waals surface area contributed by atoms with Crippen LogP contribution in [0.1, 0.15) is 29.2 Å². The van der Waals surface area contributed by atoms with Crippen LogP contribution < -0.4 is 0 Å². The average molecular weight is 365 g/mol. The molecule has 1 aromatic heterocycles. The summed E-state index contributed by atoms with van der Waals surface area (Å²) in [5.41, 5.74) is 5.75. The first-order valence-corrected chi connectivity index (χ1v) is 9.99. The fourth-order valence-corrected chi connectivity index (χ4v) is 3.55. The molecule has 4 heteroatoms. The van der Waals surface area contributed by atoms with Crippen LogP contribution in [-0.4, -0.2) is 23.8 Å².